The third kappa shape index (κ3) is 3.12. The van der Waals surface area contributed by atoms with Crippen LogP contribution < -0.4 is 4.89 Å². The summed E-state index contributed by atoms with van der Waals surface area (Å²) >= 11 is 0. The minimum Gasteiger partial charge on any atom is -0.756 e. The predicted molar refractivity (Wildman–Crippen MR) is 60.6 cm³/mol. The molecule has 0 aromatic rings. The Morgan fingerprint density at radius 3 is 2.94 bits per heavy atom. The summed E-state index contributed by atoms with van der Waals surface area (Å²) in [5.74, 6) is -0.0956. The lowest BCUT2D eigenvalue weighted by Gasteiger charge is -2.26. The van der Waals surface area contributed by atoms with Gasteiger partial charge in [0.15, 0.2) is 0 Å². The first kappa shape index (κ1) is 13.6. The number of rotatable bonds is 3. The average molecular weight is 259 g/mol. The topological polar surface area (TPSA) is 67.8 Å². The SMILES string of the molecule is [B][C@H]1C[C@H]2OP(=O)([O-])OCC1[C@@H]2COC(C)C. The van der Waals surface area contributed by atoms with Gasteiger partial charge in [-0.3, -0.25) is 4.57 Å². The number of fused-ring (bicyclic) bond motifs is 2. The highest BCUT2D eigenvalue weighted by atomic mass is 31.2. The third-order valence-corrected chi connectivity index (χ3v) is 4.39. The zero-order chi connectivity index (χ0) is 12.6. The maximum absolute atomic E-state index is 11.4. The summed E-state index contributed by atoms with van der Waals surface area (Å²) in [6.07, 6.45) is 0.250. The van der Waals surface area contributed by atoms with Crippen molar-refractivity contribution in [2.45, 2.75) is 38.3 Å². The van der Waals surface area contributed by atoms with Crippen LogP contribution in [0, 0.1) is 11.8 Å². The second-order valence-electron chi connectivity index (χ2n) is 5.00. The van der Waals surface area contributed by atoms with E-state index in [9.17, 15) is 9.46 Å². The van der Waals surface area contributed by atoms with Crippen LogP contribution in [0.15, 0.2) is 0 Å². The Balaban J connectivity index is 2.07. The first-order valence-corrected chi connectivity index (χ1v) is 7.36. The standard InChI is InChI=1S/C10H18BO5P/c1-6(2)14-4-8-7-5-15-17(12,13)16-10(8)3-9(7)11/h6-10H,3-5H2,1-2H3,(H,12,13)/p-1/t7?,8-,9-,10+/m0/s1. The normalized spacial score (nSPS) is 46.1. The minimum atomic E-state index is -4.14. The molecular weight excluding hydrogens is 242 g/mol. The highest BCUT2D eigenvalue weighted by Crippen LogP contribution is 2.54. The van der Waals surface area contributed by atoms with Gasteiger partial charge < -0.3 is 18.7 Å². The van der Waals surface area contributed by atoms with E-state index in [0.29, 0.717) is 13.0 Å². The second kappa shape index (κ2) is 5.02. The monoisotopic (exact) mass is 259 g/mol. The molecule has 2 radical (unpaired) electrons. The molecule has 1 aliphatic carbocycles. The van der Waals surface area contributed by atoms with Crippen LogP contribution in [0.4, 0.5) is 0 Å². The molecule has 1 aliphatic heterocycles. The fourth-order valence-electron chi connectivity index (χ4n) is 2.49. The number of phosphoric acid groups is 1. The van der Waals surface area contributed by atoms with Crippen molar-refractivity contribution in [3.8, 4) is 0 Å². The van der Waals surface area contributed by atoms with E-state index in [-0.39, 0.29) is 30.4 Å². The van der Waals surface area contributed by atoms with Gasteiger partial charge in [-0.1, -0.05) is 5.82 Å². The maximum atomic E-state index is 11.4. The average Bonchev–Trinajstić information content (AvgIpc) is 2.39. The van der Waals surface area contributed by atoms with Crippen molar-refractivity contribution in [3.05, 3.63) is 0 Å². The molecule has 2 rings (SSSR count). The van der Waals surface area contributed by atoms with Crippen molar-refractivity contribution < 1.29 is 23.2 Å². The molecular formula is C10H17BO5P-. The molecule has 2 bridgehead atoms. The lowest BCUT2D eigenvalue weighted by molar-refractivity contribution is -0.228. The largest absolute Gasteiger partial charge is 0.756 e. The van der Waals surface area contributed by atoms with Gasteiger partial charge in [0.25, 0.3) is 7.82 Å². The van der Waals surface area contributed by atoms with E-state index in [1.54, 1.807) is 0 Å². The van der Waals surface area contributed by atoms with Crippen molar-refractivity contribution in [1.29, 1.82) is 0 Å². The molecule has 0 aromatic carbocycles. The summed E-state index contributed by atoms with van der Waals surface area (Å²) in [6, 6.07) is 0. The molecule has 0 N–H and O–H groups in total. The Labute approximate surface area is 103 Å². The Morgan fingerprint density at radius 2 is 2.29 bits per heavy atom. The third-order valence-electron chi connectivity index (χ3n) is 3.39. The highest BCUT2D eigenvalue weighted by Gasteiger charge is 2.46. The molecule has 5 nitrogen and oxygen atoms in total. The Bertz CT molecular complexity index is 324. The van der Waals surface area contributed by atoms with E-state index in [1.807, 2.05) is 13.8 Å². The fraction of sp³-hybridized carbons (Fsp3) is 1.00. The molecule has 1 saturated carbocycles. The summed E-state index contributed by atoms with van der Waals surface area (Å²) in [5.41, 5.74) is 0. The zero-order valence-electron chi connectivity index (χ0n) is 10.1. The first-order valence-electron chi connectivity index (χ1n) is 5.90. The van der Waals surface area contributed by atoms with Crippen LogP contribution >= 0.6 is 7.82 Å². The van der Waals surface area contributed by atoms with Crippen molar-refractivity contribution >= 4 is 15.7 Å². The van der Waals surface area contributed by atoms with Crippen LogP contribution in [0.5, 0.6) is 0 Å². The number of phosphoric ester groups is 1. The molecule has 96 valence electrons. The number of hydrogen-bond acceptors (Lipinski definition) is 5. The molecule has 0 amide bonds. The van der Waals surface area contributed by atoms with Crippen LogP contribution in [0.3, 0.4) is 0 Å². The van der Waals surface area contributed by atoms with Gasteiger partial charge in [0.05, 0.1) is 33.3 Å². The highest BCUT2D eigenvalue weighted by molar-refractivity contribution is 7.45. The van der Waals surface area contributed by atoms with Gasteiger partial charge in [0, 0.05) is 5.92 Å². The van der Waals surface area contributed by atoms with Gasteiger partial charge in [-0.25, -0.2) is 0 Å². The summed E-state index contributed by atoms with van der Waals surface area (Å²) in [5, 5.41) is 0. The van der Waals surface area contributed by atoms with E-state index < -0.39 is 13.9 Å². The molecule has 2 unspecified atom stereocenters. The molecule has 1 saturated heterocycles. The van der Waals surface area contributed by atoms with E-state index in [4.69, 9.17) is 21.6 Å². The zero-order valence-corrected chi connectivity index (χ0v) is 11.0. The van der Waals surface area contributed by atoms with Gasteiger partial charge in [0.1, 0.15) is 0 Å². The van der Waals surface area contributed by atoms with Crippen molar-refractivity contribution in [3.63, 3.8) is 0 Å². The lowest BCUT2D eigenvalue weighted by atomic mass is 9.77. The molecule has 2 fully saturated rings. The smallest absolute Gasteiger partial charge is 0.268 e. The Hall–Kier alpha value is 0.135. The summed E-state index contributed by atoms with van der Waals surface area (Å²) in [7, 11) is 1.82. The van der Waals surface area contributed by atoms with Crippen molar-refractivity contribution in [2.24, 2.45) is 11.8 Å². The molecule has 2 aliphatic rings. The van der Waals surface area contributed by atoms with E-state index >= 15 is 0 Å². The summed E-state index contributed by atoms with van der Waals surface area (Å²) < 4.78 is 26.7. The van der Waals surface area contributed by atoms with Crippen molar-refractivity contribution in [1.82, 2.24) is 0 Å². The maximum Gasteiger partial charge on any atom is 0.268 e. The quantitative estimate of drug-likeness (QED) is 0.556. The van der Waals surface area contributed by atoms with Gasteiger partial charge in [-0.05, 0) is 26.2 Å². The van der Waals surface area contributed by atoms with Gasteiger partial charge in [-0.15, -0.1) is 0 Å². The first-order chi connectivity index (χ1) is 7.89. The van der Waals surface area contributed by atoms with Crippen molar-refractivity contribution in [2.75, 3.05) is 13.2 Å². The second-order valence-corrected chi connectivity index (χ2v) is 6.36. The van der Waals surface area contributed by atoms with Crippen LogP contribution in [-0.2, 0) is 18.3 Å². The van der Waals surface area contributed by atoms with E-state index in [0.717, 1.165) is 0 Å². The molecule has 0 aromatic heterocycles. The van der Waals surface area contributed by atoms with Gasteiger partial charge >= 0.3 is 0 Å². The fourth-order valence-corrected chi connectivity index (χ4v) is 3.48. The van der Waals surface area contributed by atoms with Gasteiger partial charge in [-0.2, -0.15) is 0 Å². The lowest BCUT2D eigenvalue weighted by Crippen LogP contribution is -2.27. The van der Waals surface area contributed by atoms with Crippen LogP contribution in [-0.4, -0.2) is 33.3 Å². The van der Waals surface area contributed by atoms with E-state index in [1.165, 1.54) is 0 Å². The van der Waals surface area contributed by atoms with Crippen LogP contribution in [0.25, 0.3) is 0 Å². The van der Waals surface area contributed by atoms with E-state index in [2.05, 4.69) is 0 Å². The Morgan fingerprint density at radius 1 is 1.59 bits per heavy atom. The van der Waals surface area contributed by atoms with Gasteiger partial charge in [0.2, 0.25) is 0 Å². The summed E-state index contributed by atoms with van der Waals surface area (Å²) in [4.78, 5) is 11.4. The summed E-state index contributed by atoms with van der Waals surface area (Å²) in [6.45, 7) is 4.44. The van der Waals surface area contributed by atoms with Crippen LogP contribution in [0.1, 0.15) is 20.3 Å². The Kier molecular flexibility index (Phi) is 4.01. The molecule has 17 heavy (non-hydrogen) atoms. The number of ether oxygens (including phenoxy) is 1. The van der Waals surface area contributed by atoms with Crippen LogP contribution in [0.2, 0.25) is 5.82 Å². The molecule has 0 spiro atoms. The molecule has 5 atom stereocenters. The number of hydrogen-bond donors (Lipinski definition) is 0. The minimum absolute atomic E-state index is 0.00262. The predicted octanol–water partition coefficient (Wildman–Crippen LogP) is 0.888. The molecule has 7 heteroatoms. The molecule has 1 heterocycles.